The van der Waals surface area contributed by atoms with E-state index in [-0.39, 0.29) is 11.5 Å². The van der Waals surface area contributed by atoms with Gasteiger partial charge in [-0.25, -0.2) is 0 Å². The number of hydrogen-bond acceptors (Lipinski definition) is 2. The normalized spacial score (nSPS) is 18.5. The molecular weight excluding hydrogens is 258 g/mol. The first-order chi connectivity index (χ1) is 9.15. The van der Waals surface area contributed by atoms with E-state index < -0.39 is 0 Å². The maximum Gasteiger partial charge on any atom is 0.119 e. The summed E-state index contributed by atoms with van der Waals surface area (Å²) in [6.07, 6.45) is 4.20. The van der Waals surface area contributed by atoms with E-state index in [1.807, 2.05) is 26.0 Å². The molecule has 2 rings (SSSR count). The molecule has 1 fully saturated rings. The minimum atomic E-state index is 0.0752. The van der Waals surface area contributed by atoms with Crippen molar-refractivity contribution < 1.29 is 4.74 Å². The Kier molecular flexibility index (Phi) is 5.53. The summed E-state index contributed by atoms with van der Waals surface area (Å²) in [5.74, 6) is 0.917. The molecule has 0 amide bonds. The van der Waals surface area contributed by atoms with Gasteiger partial charge in [0.05, 0.1) is 11.5 Å². The number of hydrogen-bond donors (Lipinski definition) is 0. The number of alkyl halides is 1. The van der Waals surface area contributed by atoms with Gasteiger partial charge >= 0.3 is 0 Å². The number of likely N-dealkylation sites (tertiary alicyclic amines) is 1. The van der Waals surface area contributed by atoms with Crippen molar-refractivity contribution in [2.45, 2.75) is 44.6 Å². The Morgan fingerprint density at radius 2 is 1.74 bits per heavy atom. The lowest BCUT2D eigenvalue weighted by atomic mass is 10.1. The summed E-state index contributed by atoms with van der Waals surface area (Å²) in [7, 11) is 0. The smallest absolute Gasteiger partial charge is 0.119 e. The molecule has 0 N–H and O–H groups in total. The third-order valence-corrected chi connectivity index (χ3v) is 3.87. The summed E-state index contributed by atoms with van der Waals surface area (Å²) in [6, 6.07) is 8.19. The zero-order valence-corrected chi connectivity index (χ0v) is 12.7. The highest BCUT2D eigenvalue weighted by Gasteiger charge is 2.16. The van der Waals surface area contributed by atoms with Crippen LogP contribution in [-0.2, 0) is 0 Å². The number of benzene rings is 1. The van der Waals surface area contributed by atoms with E-state index >= 15 is 0 Å². The SMILES string of the molecule is CC(C)Oc1ccc(C(Cl)CN2CCCCC2)cc1. The van der Waals surface area contributed by atoms with E-state index in [4.69, 9.17) is 16.3 Å². The van der Waals surface area contributed by atoms with Crippen LogP contribution >= 0.6 is 11.6 Å². The molecule has 1 aliphatic heterocycles. The van der Waals surface area contributed by atoms with Gasteiger partial charge in [-0.05, 0) is 57.5 Å². The Morgan fingerprint density at radius 1 is 1.11 bits per heavy atom. The number of nitrogens with zero attached hydrogens (tertiary/aromatic N) is 1. The van der Waals surface area contributed by atoms with E-state index in [2.05, 4.69) is 17.0 Å². The number of rotatable bonds is 5. The van der Waals surface area contributed by atoms with Gasteiger partial charge in [-0.1, -0.05) is 18.6 Å². The number of piperidine rings is 1. The van der Waals surface area contributed by atoms with Crippen molar-refractivity contribution in [1.82, 2.24) is 4.90 Å². The van der Waals surface area contributed by atoms with E-state index in [1.54, 1.807) is 0 Å². The Morgan fingerprint density at radius 3 is 2.32 bits per heavy atom. The second kappa shape index (κ2) is 7.16. The van der Waals surface area contributed by atoms with Gasteiger partial charge in [0.15, 0.2) is 0 Å². The van der Waals surface area contributed by atoms with Crippen LogP contribution in [0.25, 0.3) is 0 Å². The van der Waals surface area contributed by atoms with E-state index in [9.17, 15) is 0 Å². The third kappa shape index (κ3) is 4.70. The van der Waals surface area contributed by atoms with Crippen LogP contribution in [0.2, 0.25) is 0 Å². The van der Waals surface area contributed by atoms with Gasteiger partial charge in [0, 0.05) is 6.54 Å². The maximum atomic E-state index is 6.52. The van der Waals surface area contributed by atoms with Crippen LogP contribution in [0.15, 0.2) is 24.3 Å². The molecule has 0 aromatic heterocycles. The molecule has 1 unspecified atom stereocenters. The molecule has 0 radical (unpaired) electrons. The van der Waals surface area contributed by atoms with Crippen molar-refractivity contribution in [3.8, 4) is 5.75 Å². The molecule has 1 aromatic rings. The lowest BCUT2D eigenvalue weighted by Crippen LogP contribution is -2.32. The predicted molar refractivity (Wildman–Crippen MR) is 81.1 cm³/mol. The highest BCUT2D eigenvalue weighted by Crippen LogP contribution is 2.25. The first-order valence-corrected chi connectivity index (χ1v) is 7.72. The fourth-order valence-electron chi connectivity index (χ4n) is 2.50. The number of halogens is 1. The van der Waals surface area contributed by atoms with E-state index in [0.29, 0.717) is 0 Å². The molecule has 0 saturated carbocycles. The lowest BCUT2D eigenvalue weighted by Gasteiger charge is -2.28. The Bertz CT molecular complexity index is 371. The van der Waals surface area contributed by atoms with E-state index in [1.165, 1.54) is 37.9 Å². The second-order valence-electron chi connectivity index (χ2n) is 5.56. The second-order valence-corrected chi connectivity index (χ2v) is 6.09. The average Bonchev–Trinajstić information content (AvgIpc) is 2.40. The summed E-state index contributed by atoms with van der Waals surface area (Å²) in [5.41, 5.74) is 1.18. The summed E-state index contributed by atoms with van der Waals surface area (Å²) in [4.78, 5) is 2.47. The first kappa shape index (κ1) is 14.7. The molecule has 0 aliphatic carbocycles. The topological polar surface area (TPSA) is 12.5 Å². The standard InChI is InChI=1S/C16H24ClNO/c1-13(2)19-15-8-6-14(7-9-15)16(17)12-18-10-4-3-5-11-18/h6-9,13,16H,3-5,10-12H2,1-2H3. The van der Waals surface area contributed by atoms with Crippen LogP contribution in [0.3, 0.4) is 0 Å². The molecular formula is C16H24ClNO. The van der Waals surface area contributed by atoms with E-state index in [0.717, 1.165) is 12.3 Å². The van der Waals surface area contributed by atoms with Crippen LogP contribution in [-0.4, -0.2) is 30.6 Å². The minimum absolute atomic E-state index is 0.0752. The van der Waals surface area contributed by atoms with Crippen LogP contribution in [0.1, 0.15) is 44.1 Å². The molecule has 1 aliphatic rings. The largest absolute Gasteiger partial charge is 0.491 e. The fraction of sp³-hybridized carbons (Fsp3) is 0.625. The lowest BCUT2D eigenvalue weighted by molar-refractivity contribution is 0.228. The van der Waals surface area contributed by atoms with Gasteiger partial charge in [0.1, 0.15) is 5.75 Å². The molecule has 1 heterocycles. The maximum absolute atomic E-state index is 6.52. The Balaban J connectivity index is 1.89. The average molecular weight is 282 g/mol. The molecule has 1 atom stereocenters. The van der Waals surface area contributed by atoms with Crippen molar-refractivity contribution >= 4 is 11.6 Å². The number of ether oxygens (including phenoxy) is 1. The molecule has 2 nitrogen and oxygen atoms in total. The quantitative estimate of drug-likeness (QED) is 0.749. The predicted octanol–water partition coefficient (Wildman–Crippen LogP) is 4.24. The van der Waals surface area contributed by atoms with Crippen molar-refractivity contribution in [3.63, 3.8) is 0 Å². The van der Waals surface area contributed by atoms with Crippen molar-refractivity contribution in [3.05, 3.63) is 29.8 Å². The molecule has 1 saturated heterocycles. The van der Waals surface area contributed by atoms with Gasteiger partial charge in [0.2, 0.25) is 0 Å². The van der Waals surface area contributed by atoms with Gasteiger partial charge in [-0.3, -0.25) is 0 Å². The minimum Gasteiger partial charge on any atom is -0.491 e. The van der Waals surface area contributed by atoms with Gasteiger partial charge in [-0.15, -0.1) is 11.6 Å². The van der Waals surface area contributed by atoms with Crippen LogP contribution in [0.4, 0.5) is 0 Å². The summed E-state index contributed by atoms with van der Waals surface area (Å²) < 4.78 is 5.65. The fourth-order valence-corrected chi connectivity index (χ4v) is 2.84. The monoisotopic (exact) mass is 281 g/mol. The zero-order valence-electron chi connectivity index (χ0n) is 11.9. The van der Waals surface area contributed by atoms with Crippen LogP contribution in [0.5, 0.6) is 5.75 Å². The molecule has 1 aromatic carbocycles. The Hall–Kier alpha value is -0.730. The van der Waals surface area contributed by atoms with Crippen molar-refractivity contribution in [1.29, 1.82) is 0 Å². The molecule has 19 heavy (non-hydrogen) atoms. The Labute approximate surface area is 121 Å². The summed E-state index contributed by atoms with van der Waals surface area (Å²) in [5, 5.41) is 0.0752. The first-order valence-electron chi connectivity index (χ1n) is 7.28. The zero-order chi connectivity index (χ0) is 13.7. The molecule has 0 bridgehead atoms. The third-order valence-electron chi connectivity index (χ3n) is 3.48. The highest BCUT2D eigenvalue weighted by molar-refractivity contribution is 6.21. The molecule has 0 spiro atoms. The van der Waals surface area contributed by atoms with Gasteiger partial charge < -0.3 is 9.64 Å². The van der Waals surface area contributed by atoms with Gasteiger partial charge in [0.25, 0.3) is 0 Å². The molecule has 106 valence electrons. The van der Waals surface area contributed by atoms with Crippen molar-refractivity contribution in [2.24, 2.45) is 0 Å². The molecule has 3 heteroatoms. The highest BCUT2D eigenvalue weighted by atomic mass is 35.5. The van der Waals surface area contributed by atoms with Crippen LogP contribution < -0.4 is 4.74 Å². The van der Waals surface area contributed by atoms with Gasteiger partial charge in [-0.2, -0.15) is 0 Å². The van der Waals surface area contributed by atoms with Crippen LogP contribution in [0, 0.1) is 0 Å². The van der Waals surface area contributed by atoms with Crippen molar-refractivity contribution in [2.75, 3.05) is 19.6 Å². The summed E-state index contributed by atoms with van der Waals surface area (Å²) >= 11 is 6.52. The summed E-state index contributed by atoms with van der Waals surface area (Å²) in [6.45, 7) is 7.41.